The molecule has 0 fully saturated rings. The van der Waals surface area contributed by atoms with Crippen LogP contribution in [-0.4, -0.2) is 18.0 Å². The fourth-order valence-electron chi connectivity index (χ4n) is 2.71. The summed E-state index contributed by atoms with van der Waals surface area (Å²) in [5.74, 6) is -0.174. The van der Waals surface area contributed by atoms with Gasteiger partial charge in [0.15, 0.2) is 6.10 Å². The molecule has 1 N–H and O–H groups in total. The summed E-state index contributed by atoms with van der Waals surface area (Å²) in [4.78, 5) is 24.1. The van der Waals surface area contributed by atoms with Crippen LogP contribution in [0.1, 0.15) is 40.6 Å². The van der Waals surface area contributed by atoms with Gasteiger partial charge in [-0.05, 0) is 61.6 Å². The number of hydrogen-bond donors (Lipinski definition) is 1. The quantitative estimate of drug-likeness (QED) is 0.862. The van der Waals surface area contributed by atoms with Crippen molar-refractivity contribution in [3.63, 3.8) is 0 Å². The summed E-state index contributed by atoms with van der Waals surface area (Å²) in [6, 6.07) is 9.12. The maximum atomic E-state index is 12.2. The van der Waals surface area contributed by atoms with Crippen molar-refractivity contribution in [1.29, 1.82) is 0 Å². The minimum Gasteiger partial charge on any atom is -0.467 e. The number of benzene rings is 1. The van der Waals surface area contributed by atoms with E-state index in [-0.39, 0.29) is 12.5 Å². The number of nitrogens with one attached hydrogen (secondary N) is 1. The van der Waals surface area contributed by atoms with Crippen molar-refractivity contribution in [1.82, 2.24) is 5.32 Å². The molecule has 1 aliphatic rings. The number of rotatable bonds is 5. The molecule has 0 radical (unpaired) electrons. The molecule has 120 valence electrons. The predicted molar refractivity (Wildman–Crippen MR) is 83.9 cm³/mol. The van der Waals surface area contributed by atoms with Crippen LogP contribution in [0.4, 0.5) is 0 Å². The summed E-state index contributed by atoms with van der Waals surface area (Å²) < 4.78 is 10.4. The van der Waals surface area contributed by atoms with Crippen LogP contribution < -0.4 is 5.32 Å². The Morgan fingerprint density at radius 1 is 1.26 bits per heavy atom. The molecule has 2 aromatic rings. The van der Waals surface area contributed by atoms with Crippen LogP contribution in [-0.2, 0) is 28.9 Å². The lowest BCUT2D eigenvalue weighted by atomic mass is 10.1. The van der Waals surface area contributed by atoms with Crippen LogP contribution in [0, 0.1) is 0 Å². The van der Waals surface area contributed by atoms with Gasteiger partial charge in [-0.25, -0.2) is 4.79 Å². The van der Waals surface area contributed by atoms with Crippen molar-refractivity contribution in [2.45, 2.75) is 38.8 Å². The van der Waals surface area contributed by atoms with E-state index in [1.54, 1.807) is 31.4 Å². The molecule has 3 rings (SSSR count). The number of carbonyl (C=O) groups excluding carboxylic acids is 2. The Morgan fingerprint density at radius 3 is 2.87 bits per heavy atom. The van der Waals surface area contributed by atoms with E-state index in [1.165, 1.54) is 11.1 Å². The van der Waals surface area contributed by atoms with E-state index in [0.29, 0.717) is 11.3 Å². The van der Waals surface area contributed by atoms with Gasteiger partial charge in [-0.3, -0.25) is 4.79 Å². The zero-order chi connectivity index (χ0) is 16.2. The number of aryl methyl sites for hydroxylation is 2. The largest absolute Gasteiger partial charge is 0.467 e. The monoisotopic (exact) mass is 313 g/mol. The van der Waals surface area contributed by atoms with Crippen LogP contribution in [0.3, 0.4) is 0 Å². The second-order valence-corrected chi connectivity index (χ2v) is 5.68. The highest BCUT2D eigenvalue weighted by atomic mass is 16.5. The number of furan rings is 1. The standard InChI is InChI=1S/C18H19NO4/c1-12(17(20)19-11-16-6-3-9-22-16)23-18(21)15-8-7-13-4-2-5-14(13)10-15/h3,6-10,12H,2,4-5,11H2,1H3,(H,19,20)/t12-/m0/s1. The fourth-order valence-corrected chi connectivity index (χ4v) is 2.71. The first kappa shape index (κ1) is 15.3. The van der Waals surface area contributed by atoms with E-state index in [1.807, 2.05) is 12.1 Å². The fraction of sp³-hybridized carbons (Fsp3) is 0.333. The number of esters is 1. The first-order valence-corrected chi connectivity index (χ1v) is 7.76. The minimum absolute atomic E-state index is 0.270. The lowest BCUT2D eigenvalue weighted by Gasteiger charge is -2.13. The molecule has 1 aromatic heterocycles. The van der Waals surface area contributed by atoms with Gasteiger partial charge in [-0.1, -0.05) is 6.07 Å². The molecule has 0 bridgehead atoms. The Hall–Kier alpha value is -2.56. The van der Waals surface area contributed by atoms with Gasteiger partial charge in [0, 0.05) is 0 Å². The summed E-state index contributed by atoms with van der Waals surface area (Å²) in [6.45, 7) is 1.83. The normalized spacial score (nSPS) is 14.1. The van der Waals surface area contributed by atoms with E-state index in [2.05, 4.69) is 5.32 Å². The number of fused-ring (bicyclic) bond motifs is 1. The topological polar surface area (TPSA) is 68.5 Å². The van der Waals surface area contributed by atoms with Gasteiger partial charge in [-0.2, -0.15) is 0 Å². The first-order chi connectivity index (χ1) is 11.1. The molecule has 1 heterocycles. The summed E-state index contributed by atoms with van der Waals surface area (Å²) in [7, 11) is 0. The third-order valence-corrected chi connectivity index (χ3v) is 4.00. The lowest BCUT2D eigenvalue weighted by Crippen LogP contribution is -2.35. The van der Waals surface area contributed by atoms with Gasteiger partial charge in [0.1, 0.15) is 5.76 Å². The van der Waals surface area contributed by atoms with Crippen LogP contribution in [0.5, 0.6) is 0 Å². The van der Waals surface area contributed by atoms with Gasteiger partial charge in [-0.15, -0.1) is 0 Å². The highest BCUT2D eigenvalue weighted by Crippen LogP contribution is 2.23. The molecule has 0 unspecified atom stereocenters. The Morgan fingerprint density at radius 2 is 2.09 bits per heavy atom. The first-order valence-electron chi connectivity index (χ1n) is 7.76. The summed E-state index contributed by atoms with van der Waals surface area (Å²) in [6.07, 6.45) is 3.87. The highest BCUT2D eigenvalue weighted by Gasteiger charge is 2.20. The molecule has 23 heavy (non-hydrogen) atoms. The number of carbonyl (C=O) groups is 2. The van der Waals surface area contributed by atoms with Gasteiger partial charge >= 0.3 is 5.97 Å². The average Bonchev–Trinajstić information content (AvgIpc) is 3.22. The Kier molecular flexibility index (Phi) is 4.46. The zero-order valence-corrected chi connectivity index (χ0v) is 13.0. The second kappa shape index (κ2) is 6.69. The van der Waals surface area contributed by atoms with Crippen molar-refractivity contribution >= 4 is 11.9 Å². The van der Waals surface area contributed by atoms with E-state index in [0.717, 1.165) is 19.3 Å². The summed E-state index contributed by atoms with van der Waals surface area (Å²) in [5, 5.41) is 2.67. The Bertz CT molecular complexity index is 706. The summed E-state index contributed by atoms with van der Waals surface area (Å²) >= 11 is 0. The molecule has 5 nitrogen and oxygen atoms in total. The van der Waals surface area contributed by atoms with Crippen LogP contribution in [0.25, 0.3) is 0 Å². The molecule has 1 atom stereocenters. The SMILES string of the molecule is C[C@H](OC(=O)c1ccc2c(c1)CCC2)C(=O)NCc1ccco1. The molecule has 0 spiro atoms. The van der Waals surface area contributed by atoms with Crippen LogP contribution in [0.15, 0.2) is 41.0 Å². The Labute approximate surface area is 134 Å². The predicted octanol–water partition coefficient (Wildman–Crippen LogP) is 2.63. The molecule has 1 aromatic carbocycles. The van der Waals surface area contributed by atoms with Gasteiger partial charge in [0.25, 0.3) is 5.91 Å². The van der Waals surface area contributed by atoms with E-state index in [9.17, 15) is 9.59 Å². The third-order valence-electron chi connectivity index (χ3n) is 4.00. The van der Waals surface area contributed by atoms with Gasteiger partial charge in [0.05, 0.1) is 18.4 Å². The molecule has 0 saturated heterocycles. The van der Waals surface area contributed by atoms with Crippen molar-refractivity contribution < 1.29 is 18.7 Å². The van der Waals surface area contributed by atoms with E-state index in [4.69, 9.17) is 9.15 Å². The third kappa shape index (κ3) is 3.62. The molecule has 0 saturated carbocycles. The summed E-state index contributed by atoms with van der Waals surface area (Å²) in [5.41, 5.74) is 3.00. The van der Waals surface area contributed by atoms with Crippen molar-refractivity contribution in [2.75, 3.05) is 0 Å². The van der Waals surface area contributed by atoms with Gasteiger partial charge < -0.3 is 14.5 Å². The van der Waals surface area contributed by atoms with Crippen LogP contribution >= 0.6 is 0 Å². The number of ether oxygens (including phenoxy) is 1. The van der Waals surface area contributed by atoms with Crippen molar-refractivity contribution in [3.8, 4) is 0 Å². The van der Waals surface area contributed by atoms with Crippen LogP contribution in [0.2, 0.25) is 0 Å². The maximum Gasteiger partial charge on any atom is 0.338 e. The number of hydrogen-bond acceptors (Lipinski definition) is 4. The molecule has 1 aliphatic carbocycles. The highest BCUT2D eigenvalue weighted by molar-refractivity contribution is 5.92. The zero-order valence-electron chi connectivity index (χ0n) is 13.0. The minimum atomic E-state index is -0.856. The van der Waals surface area contributed by atoms with Crippen molar-refractivity contribution in [3.05, 3.63) is 59.0 Å². The average molecular weight is 313 g/mol. The molecule has 1 amide bonds. The van der Waals surface area contributed by atoms with E-state index < -0.39 is 12.1 Å². The smallest absolute Gasteiger partial charge is 0.338 e. The molecule has 0 aliphatic heterocycles. The molecular weight excluding hydrogens is 294 g/mol. The molecule has 5 heteroatoms. The second-order valence-electron chi connectivity index (χ2n) is 5.68. The van der Waals surface area contributed by atoms with Gasteiger partial charge in [0.2, 0.25) is 0 Å². The lowest BCUT2D eigenvalue weighted by molar-refractivity contribution is -0.129. The maximum absolute atomic E-state index is 12.2. The molecular formula is C18H19NO4. The van der Waals surface area contributed by atoms with E-state index >= 15 is 0 Å². The number of amides is 1. The Balaban J connectivity index is 1.55. The van der Waals surface area contributed by atoms with Crippen molar-refractivity contribution in [2.24, 2.45) is 0 Å².